The van der Waals surface area contributed by atoms with Crippen molar-refractivity contribution in [2.24, 2.45) is 5.92 Å². The quantitative estimate of drug-likeness (QED) is 0.614. The van der Waals surface area contributed by atoms with Crippen molar-refractivity contribution in [1.29, 1.82) is 0 Å². The molecule has 0 saturated carbocycles. The lowest BCUT2D eigenvalue weighted by molar-refractivity contribution is 0.330. The Morgan fingerprint density at radius 1 is 1.14 bits per heavy atom. The summed E-state index contributed by atoms with van der Waals surface area (Å²) < 4.78 is 34.9. The van der Waals surface area contributed by atoms with Crippen molar-refractivity contribution in [3.8, 4) is 5.75 Å². The molecule has 1 aliphatic heterocycles. The summed E-state index contributed by atoms with van der Waals surface area (Å²) >= 11 is 1.72. The molecule has 0 radical (unpaired) electrons. The number of ether oxygens (including phenoxy) is 1. The molecule has 6 nitrogen and oxygen atoms in total. The Morgan fingerprint density at radius 3 is 2.62 bits per heavy atom. The molecule has 0 aliphatic carbocycles. The van der Waals surface area contributed by atoms with Crippen LogP contribution in [0.4, 0.5) is 5.13 Å². The van der Waals surface area contributed by atoms with E-state index in [1.165, 1.54) is 4.70 Å². The lowest BCUT2D eigenvalue weighted by atomic mass is 9.97. The molecule has 1 aromatic heterocycles. The Labute approximate surface area is 175 Å². The van der Waals surface area contributed by atoms with Gasteiger partial charge in [-0.25, -0.2) is 18.1 Å². The Balaban J connectivity index is 1.35. The Bertz CT molecular complexity index is 1040. The van der Waals surface area contributed by atoms with Gasteiger partial charge in [-0.05, 0) is 49.9 Å². The van der Waals surface area contributed by atoms with Crippen LogP contribution in [0, 0.1) is 5.92 Å². The summed E-state index contributed by atoms with van der Waals surface area (Å²) in [7, 11) is -3.59. The summed E-state index contributed by atoms with van der Waals surface area (Å²) in [5, 5.41) is 1.05. The van der Waals surface area contributed by atoms with Gasteiger partial charge in [-0.2, -0.15) is 0 Å². The largest absolute Gasteiger partial charge is 0.492 e. The van der Waals surface area contributed by atoms with Gasteiger partial charge < -0.3 is 9.64 Å². The van der Waals surface area contributed by atoms with Crippen molar-refractivity contribution < 1.29 is 13.2 Å². The topological polar surface area (TPSA) is 71.5 Å². The molecule has 0 bridgehead atoms. The molecule has 2 heterocycles. The third-order valence-electron chi connectivity index (χ3n) is 5.17. The van der Waals surface area contributed by atoms with Gasteiger partial charge in [0, 0.05) is 19.6 Å². The van der Waals surface area contributed by atoms with Gasteiger partial charge >= 0.3 is 0 Å². The van der Waals surface area contributed by atoms with Crippen LogP contribution in [0.25, 0.3) is 10.2 Å². The summed E-state index contributed by atoms with van der Waals surface area (Å²) in [4.78, 5) is 7.24. The highest BCUT2D eigenvalue weighted by atomic mass is 32.2. The minimum absolute atomic E-state index is 0.203. The maximum atomic E-state index is 12.7. The summed E-state index contributed by atoms with van der Waals surface area (Å²) in [5.74, 6) is 0.711. The molecular formula is C21H25N3O3S2. The molecule has 4 rings (SSSR count). The first-order valence-corrected chi connectivity index (χ1v) is 12.2. The van der Waals surface area contributed by atoms with Crippen LogP contribution >= 0.6 is 11.3 Å². The monoisotopic (exact) mass is 431 g/mol. The minimum Gasteiger partial charge on any atom is -0.492 e. The number of para-hydroxylation sites is 2. The minimum atomic E-state index is -3.59. The Morgan fingerprint density at radius 2 is 1.86 bits per heavy atom. The van der Waals surface area contributed by atoms with Crippen molar-refractivity contribution in [3.05, 3.63) is 48.5 Å². The molecule has 1 N–H and O–H groups in total. The van der Waals surface area contributed by atoms with E-state index in [-0.39, 0.29) is 4.90 Å². The number of nitrogens with one attached hydrogen (secondary N) is 1. The summed E-state index contributed by atoms with van der Waals surface area (Å²) in [5.41, 5.74) is 1.04. The maximum Gasteiger partial charge on any atom is 0.244 e. The second-order valence-electron chi connectivity index (χ2n) is 7.13. The number of thiazole rings is 1. The smallest absolute Gasteiger partial charge is 0.244 e. The van der Waals surface area contributed by atoms with E-state index in [4.69, 9.17) is 9.72 Å². The zero-order valence-electron chi connectivity index (χ0n) is 16.4. The van der Waals surface area contributed by atoms with E-state index in [0.29, 0.717) is 24.8 Å². The fraction of sp³-hybridized carbons (Fsp3) is 0.381. The van der Waals surface area contributed by atoms with Crippen molar-refractivity contribution >= 4 is 36.7 Å². The molecule has 8 heteroatoms. The first-order valence-electron chi connectivity index (χ1n) is 9.89. The average molecular weight is 432 g/mol. The van der Waals surface area contributed by atoms with Crippen LogP contribution in [0.5, 0.6) is 5.75 Å². The van der Waals surface area contributed by atoms with Gasteiger partial charge in [-0.15, -0.1) is 0 Å². The predicted molar refractivity (Wildman–Crippen MR) is 117 cm³/mol. The number of nitrogens with zero attached hydrogens (tertiary/aromatic N) is 2. The first kappa shape index (κ1) is 20.1. The zero-order chi connectivity index (χ0) is 20.3. The second kappa shape index (κ2) is 8.69. The highest BCUT2D eigenvalue weighted by Crippen LogP contribution is 2.31. The van der Waals surface area contributed by atoms with Crippen LogP contribution in [-0.4, -0.2) is 39.6 Å². The third-order valence-corrected chi connectivity index (χ3v) is 7.73. The van der Waals surface area contributed by atoms with Gasteiger partial charge in [0.2, 0.25) is 10.0 Å². The number of hydrogen-bond donors (Lipinski definition) is 1. The third kappa shape index (κ3) is 4.55. The van der Waals surface area contributed by atoms with Gasteiger partial charge in [-0.1, -0.05) is 35.6 Å². The van der Waals surface area contributed by atoms with Crippen LogP contribution in [0.15, 0.2) is 53.4 Å². The summed E-state index contributed by atoms with van der Waals surface area (Å²) in [6, 6.07) is 14.9. The zero-order valence-corrected chi connectivity index (χ0v) is 18.0. The highest BCUT2D eigenvalue weighted by Gasteiger charge is 2.25. The molecule has 1 saturated heterocycles. The van der Waals surface area contributed by atoms with Crippen LogP contribution in [0.2, 0.25) is 0 Å². The Hall–Kier alpha value is -2.16. The number of benzene rings is 2. The van der Waals surface area contributed by atoms with Gasteiger partial charge in [0.25, 0.3) is 0 Å². The normalized spacial score (nSPS) is 15.7. The number of aromatic nitrogens is 1. The molecule has 0 spiro atoms. The highest BCUT2D eigenvalue weighted by molar-refractivity contribution is 7.89. The van der Waals surface area contributed by atoms with E-state index in [9.17, 15) is 8.42 Å². The van der Waals surface area contributed by atoms with E-state index < -0.39 is 10.0 Å². The summed E-state index contributed by atoms with van der Waals surface area (Å²) in [6.07, 6.45) is 1.87. The Kier molecular flexibility index (Phi) is 6.03. The number of sulfonamides is 1. The molecule has 1 aliphatic rings. The molecule has 0 amide bonds. The van der Waals surface area contributed by atoms with E-state index in [1.807, 2.05) is 25.1 Å². The standard InChI is InChI=1S/C21H25N3O3S2/c1-2-27-18-8-4-6-10-20(18)29(25,26)22-15-16-11-13-24(14-12-16)21-23-17-7-3-5-9-19(17)28-21/h3-10,16,22H,2,11-15H2,1H3. The van der Waals surface area contributed by atoms with Crippen LogP contribution in [-0.2, 0) is 10.0 Å². The average Bonchev–Trinajstić information content (AvgIpc) is 3.18. The number of piperidine rings is 1. The van der Waals surface area contributed by atoms with Crippen molar-refractivity contribution in [2.45, 2.75) is 24.7 Å². The second-order valence-corrected chi connectivity index (χ2v) is 9.87. The van der Waals surface area contributed by atoms with Crippen LogP contribution < -0.4 is 14.4 Å². The number of anilines is 1. The van der Waals surface area contributed by atoms with E-state index in [0.717, 1.165) is 36.6 Å². The number of rotatable bonds is 7. The summed E-state index contributed by atoms with van der Waals surface area (Å²) in [6.45, 7) is 4.49. The van der Waals surface area contributed by atoms with E-state index in [1.54, 1.807) is 35.6 Å². The number of fused-ring (bicyclic) bond motifs is 1. The molecule has 0 atom stereocenters. The predicted octanol–water partition coefficient (Wildman–Crippen LogP) is 3.89. The van der Waals surface area contributed by atoms with Crippen molar-refractivity contribution in [3.63, 3.8) is 0 Å². The SMILES string of the molecule is CCOc1ccccc1S(=O)(=O)NCC1CCN(c2nc3ccccc3s2)CC1. The molecule has 29 heavy (non-hydrogen) atoms. The van der Waals surface area contributed by atoms with Crippen LogP contribution in [0.1, 0.15) is 19.8 Å². The molecular weight excluding hydrogens is 406 g/mol. The van der Waals surface area contributed by atoms with Crippen LogP contribution in [0.3, 0.4) is 0 Å². The number of hydrogen-bond acceptors (Lipinski definition) is 6. The van der Waals surface area contributed by atoms with Crippen molar-refractivity contribution in [2.75, 3.05) is 31.1 Å². The fourth-order valence-electron chi connectivity index (χ4n) is 3.58. The first-order chi connectivity index (χ1) is 14.1. The maximum absolute atomic E-state index is 12.7. The van der Waals surface area contributed by atoms with Gasteiger partial charge in [0.15, 0.2) is 5.13 Å². The van der Waals surface area contributed by atoms with E-state index >= 15 is 0 Å². The molecule has 1 fully saturated rings. The fourth-order valence-corrected chi connectivity index (χ4v) is 5.85. The van der Waals surface area contributed by atoms with Crippen molar-refractivity contribution in [1.82, 2.24) is 9.71 Å². The molecule has 154 valence electrons. The molecule has 3 aromatic rings. The lowest BCUT2D eigenvalue weighted by Gasteiger charge is -2.31. The van der Waals surface area contributed by atoms with Gasteiger partial charge in [0.05, 0.1) is 16.8 Å². The van der Waals surface area contributed by atoms with E-state index in [2.05, 4.69) is 15.7 Å². The van der Waals surface area contributed by atoms with Gasteiger partial charge in [-0.3, -0.25) is 0 Å². The molecule has 0 unspecified atom stereocenters. The van der Waals surface area contributed by atoms with Gasteiger partial charge in [0.1, 0.15) is 10.6 Å². The lowest BCUT2D eigenvalue weighted by Crippen LogP contribution is -2.38. The molecule has 2 aromatic carbocycles.